The van der Waals surface area contributed by atoms with Gasteiger partial charge in [-0.1, -0.05) is 60.7 Å². The molecule has 2 N–H and O–H groups in total. The zero-order valence-electron chi connectivity index (χ0n) is 27.6. The summed E-state index contributed by atoms with van der Waals surface area (Å²) >= 11 is 0. The predicted molar refractivity (Wildman–Crippen MR) is 181 cm³/mol. The summed E-state index contributed by atoms with van der Waals surface area (Å²) in [5.41, 5.74) is 9.42. The van der Waals surface area contributed by atoms with E-state index < -0.39 is 0 Å². The SMILES string of the molecule is COc1cc(C(=O)N(Cc2ccccc2)Nc2nnc(-c3cc(OC)c(OC)c(OC)c3)n2NCc2ccccc2)cc(OC)c1OC. The van der Waals surface area contributed by atoms with Crippen molar-refractivity contribution in [1.82, 2.24) is 19.9 Å². The summed E-state index contributed by atoms with van der Waals surface area (Å²) in [4.78, 5) is 14.3. The Hall–Kier alpha value is -6.11. The summed E-state index contributed by atoms with van der Waals surface area (Å²) in [7, 11) is 9.13. The first-order chi connectivity index (χ1) is 23.4. The molecule has 0 aliphatic heterocycles. The number of nitrogens with zero attached hydrogens (tertiary/aromatic N) is 4. The number of rotatable bonds is 15. The van der Waals surface area contributed by atoms with Gasteiger partial charge in [0.25, 0.3) is 11.9 Å². The average molecular weight is 655 g/mol. The maximum Gasteiger partial charge on any atom is 0.272 e. The van der Waals surface area contributed by atoms with E-state index in [1.807, 2.05) is 60.7 Å². The third kappa shape index (κ3) is 7.15. The second kappa shape index (κ2) is 15.5. The fourth-order valence-corrected chi connectivity index (χ4v) is 5.08. The third-order valence-electron chi connectivity index (χ3n) is 7.45. The fraction of sp³-hybridized carbons (Fsp3) is 0.229. The molecule has 0 bridgehead atoms. The number of methoxy groups -OCH3 is 6. The lowest BCUT2D eigenvalue weighted by Crippen LogP contribution is -2.37. The number of carbonyl (C=O) groups is 1. The van der Waals surface area contributed by atoms with Crippen LogP contribution in [-0.2, 0) is 13.1 Å². The van der Waals surface area contributed by atoms with E-state index in [1.165, 1.54) is 33.4 Å². The van der Waals surface area contributed by atoms with Gasteiger partial charge in [-0.15, -0.1) is 10.2 Å². The summed E-state index contributed by atoms with van der Waals surface area (Å²) < 4.78 is 34.9. The van der Waals surface area contributed by atoms with E-state index in [0.29, 0.717) is 58.0 Å². The largest absolute Gasteiger partial charge is 0.493 e. The second-order valence-corrected chi connectivity index (χ2v) is 10.3. The molecule has 0 aliphatic rings. The topological polar surface area (TPSA) is 130 Å². The maximum atomic E-state index is 14.3. The highest BCUT2D eigenvalue weighted by molar-refractivity contribution is 5.96. The number of hydrazine groups is 1. The molecule has 250 valence electrons. The van der Waals surface area contributed by atoms with Crippen molar-refractivity contribution in [3.8, 4) is 45.9 Å². The molecule has 0 radical (unpaired) electrons. The highest BCUT2D eigenvalue weighted by atomic mass is 16.5. The van der Waals surface area contributed by atoms with Crippen LogP contribution in [0.5, 0.6) is 34.5 Å². The van der Waals surface area contributed by atoms with E-state index in [-0.39, 0.29) is 18.4 Å². The molecular weight excluding hydrogens is 616 g/mol. The molecule has 0 spiro atoms. The summed E-state index contributed by atoms with van der Waals surface area (Å²) in [6.45, 7) is 0.603. The first kappa shape index (κ1) is 33.3. The monoisotopic (exact) mass is 654 g/mol. The fourth-order valence-electron chi connectivity index (χ4n) is 5.08. The predicted octanol–water partition coefficient (Wildman–Crippen LogP) is 5.41. The number of aromatic nitrogens is 3. The molecule has 5 aromatic rings. The molecule has 0 fully saturated rings. The van der Waals surface area contributed by atoms with Crippen LogP contribution in [-0.4, -0.2) is 68.4 Å². The molecule has 1 aromatic heterocycles. The lowest BCUT2D eigenvalue weighted by molar-refractivity contribution is 0.0780. The van der Waals surface area contributed by atoms with Crippen molar-refractivity contribution in [2.24, 2.45) is 0 Å². The Kier molecular flexibility index (Phi) is 10.7. The van der Waals surface area contributed by atoms with Gasteiger partial charge in [-0.25, -0.2) is 9.69 Å². The number of ether oxygens (including phenoxy) is 6. The molecule has 1 amide bonds. The van der Waals surface area contributed by atoms with Crippen molar-refractivity contribution < 1.29 is 33.2 Å². The minimum Gasteiger partial charge on any atom is -0.493 e. The molecule has 13 nitrogen and oxygen atoms in total. The van der Waals surface area contributed by atoms with E-state index in [9.17, 15) is 4.79 Å². The van der Waals surface area contributed by atoms with Crippen LogP contribution in [0.4, 0.5) is 5.95 Å². The molecule has 13 heteroatoms. The second-order valence-electron chi connectivity index (χ2n) is 10.3. The standard InChI is InChI=1S/C35H38N6O7/c1-43-27-17-25(18-28(44-2)31(27)47-5)33-37-38-35(41(33)36-21-23-13-9-7-10-14-23)39-40(22-24-15-11-8-12-16-24)34(42)26-19-29(45-3)32(48-6)30(20-26)46-4/h7-20,36H,21-22H2,1-6H3,(H,38,39). The number of benzene rings is 4. The quantitative estimate of drug-likeness (QED) is 0.141. The smallest absolute Gasteiger partial charge is 0.272 e. The van der Waals surface area contributed by atoms with Crippen molar-refractivity contribution in [2.45, 2.75) is 13.1 Å². The van der Waals surface area contributed by atoms with Crippen molar-refractivity contribution in [1.29, 1.82) is 0 Å². The molecule has 0 aliphatic carbocycles. The van der Waals surface area contributed by atoms with Crippen LogP contribution in [0, 0.1) is 0 Å². The number of carbonyl (C=O) groups excluding carboxylic acids is 1. The van der Waals surface area contributed by atoms with Gasteiger partial charge < -0.3 is 33.8 Å². The summed E-state index contributed by atoms with van der Waals surface area (Å²) in [6, 6.07) is 26.2. The Morgan fingerprint density at radius 3 is 1.67 bits per heavy atom. The lowest BCUT2D eigenvalue weighted by Gasteiger charge is -2.25. The van der Waals surface area contributed by atoms with E-state index in [4.69, 9.17) is 28.4 Å². The Labute approximate surface area is 278 Å². The number of anilines is 1. The van der Waals surface area contributed by atoms with Crippen molar-refractivity contribution in [2.75, 3.05) is 53.5 Å². The van der Waals surface area contributed by atoms with Gasteiger partial charge in [0.2, 0.25) is 11.5 Å². The van der Waals surface area contributed by atoms with Gasteiger partial charge in [-0.3, -0.25) is 10.2 Å². The Morgan fingerprint density at radius 2 is 1.17 bits per heavy atom. The van der Waals surface area contributed by atoms with Gasteiger partial charge in [0.05, 0.1) is 55.7 Å². The number of amides is 1. The van der Waals surface area contributed by atoms with E-state index in [1.54, 1.807) is 43.2 Å². The van der Waals surface area contributed by atoms with Crippen molar-refractivity contribution in [3.05, 3.63) is 102 Å². The van der Waals surface area contributed by atoms with E-state index >= 15 is 0 Å². The molecule has 0 saturated heterocycles. The Morgan fingerprint density at radius 1 is 0.667 bits per heavy atom. The highest BCUT2D eigenvalue weighted by Crippen LogP contribution is 2.41. The van der Waals surface area contributed by atoms with Gasteiger partial charge in [-0.05, 0) is 35.4 Å². The lowest BCUT2D eigenvalue weighted by atomic mass is 10.1. The minimum atomic E-state index is -0.384. The van der Waals surface area contributed by atoms with Crippen molar-refractivity contribution in [3.63, 3.8) is 0 Å². The van der Waals surface area contributed by atoms with Crippen LogP contribution >= 0.6 is 0 Å². The third-order valence-corrected chi connectivity index (χ3v) is 7.45. The number of hydrogen-bond acceptors (Lipinski definition) is 11. The van der Waals surface area contributed by atoms with Crippen LogP contribution in [0.2, 0.25) is 0 Å². The maximum absolute atomic E-state index is 14.3. The van der Waals surface area contributed by atoms with Gasteiger partial charge in [-0.2, -0.15) is 0 Å². The minimum absolute atomic E-state index is 0.182. The molecule has 48 heavy (non-hydrogen) atoms. The first-order valence-electron chi connectivity index (χ1n) is 14.9. The van der Waals surface area contributed by atoms with E-state index in [2.05, 4.69) is 21.0 Å². The molecule has 5 rings (SSSR count). The Balaban J connectivity index is 1.60. The van der Waals surface area contributed by atoms with Crippen LogP contribution in [0.15, 0.2) is 84.9 Å². The van der Waals surface area contributed by atoms with Crippen LogP contribution < -0.4 is 39.3 Å². The molecule has 1 heterocycles. The van der Waals surface area contributed by atoms with Crippen molar-refractivity contribution >= 4 is 11.9 Å². The Bertz CT molecular complexity index is 1780. The van der Waals surface area contributed by atoms with Gasteiger partial charge in [0.1, 0.15) is 0 Å². The zero-order chi connectivity index (χ0) is 34.0. The molecule has 0 unspecified atom stereocenters. The molecule has 0 atom stereocenters. The molecular formula is C35H38N6O7. The van der Waals surface area contributed by atoms with Gasteiger partial charge in [0, 0.05) is 11.1 Å². The van der Waals surface area contributed by atoms with Crippen LogP contribution in [0.1, 0.15) is 21.5 Å². The van der Waals surface area contributed by atoms with Gasteiger partial charge in [0.15, 0.2) is 28.8 Å². The number of nitrogens with one attached hydrogen (secondary N) is 2. The van der Waals surface area contributed by atoms with E-state index in [0.717, 1.165) is 11.1 Å². The van der Waals surface area contributed by atoms with Crippen LogP contribution in [0.3, 0.4) is 0 Å². The summed E-state index contributed by atoms with van der Waals surface area (Å²) in [5, 5.41) is 10.4. The van der Waals surface area contributed by atoms with Gasteiger partial charge >= 0.3 is 0 Å². The first-order valence-corrected chi connectivity index (χ1v) is 14.9. The van der Waals surface area contributed by atoms with Crippen LogP contribution in [0.25, 0.3) is 11.4 Å². The molecule has 4 aromatic carbocycles. The number of hydrogen-bond donors (Lipinski definition) is 2. The highest BCUT2D eigenvalue weighted by Gasteiger charge is 2.25. The normalized spacial score (nSPS) is 10.5. The molecule has 0 saturated carbocycles. The summed E-state index contributed by atoms with van der Waals surface area (Å²) in [5.74, 6) is 2.68. The average Bonchev–Trinajstić information content (AvgIpc) is 3.54. The zero-order valence-corrected chi connectivity index (χ0v) is 27.6. The summed E-state index contributed by atoms with van der Waals surface area (Å²) in [6.07, 6.45) is 0.